The van der Waals surface area contributed by atoms with Gasteiger partial charge in [0.1, 0.15) is 0 Å². The fourth-order valence-corrected chi connectivity index (χ4v) is 4.08. The van der Waals surface area contributed by atoms with Crippen LogP contribution in [0.15, 0.2) is 97.3 Å². The summed E-state index contributed by atoms with van der Waals surface area (Å²) in [6.07, 6.45) is 8.46. The van der Waals surface area contributed by atoms with E-state index < -0.39 is 0 Å². The fraction of sp³-hybridized carbons (Fsp3) is 0.0769. The van der Waals surface area contributed by atoms with Crippen molar-refractivity contribution in [3.05, 3.63) is 125 Å². The van der Waals surface area contributed by atoms with Crippen LogP contribution in [0.2, 0.25) is 0 Å². The van der Waals surface area contributed by atoms with E-state index in [-0.39, 0.29) is 0 Å². The summed E-state index contributed by atoms with van der Waals surface area (Å²) >= 11 is 0. The Morgan fingerprint density at radius 3 is 1.89 bits per heavy atom. The summed E-state index contributed by atoms with van der Waals surface area (Å²) in [5.74, 6) is 0. The monoisotopic (exact) mass is 362 g/mol. The van der Waals surface area contributed by atoms with E-state index >= 15 is 0 Å². The zero-order valence-corrected chi connectivity index (χ0v) is 16.1. The first-order valence-electron chi connectivity index (χ1n) is 9.65. The van der Waals surface area contributed by atoms with Gasteiger partial charge in [-0.15, -0.1) is 0 Å². The van der Waals surface area contributed by atoms with Crippen molar-refractivity contribution in [1.29, 1.82) is 0 Å². The van der Waals surface area contributed by atoms with E-state index in [1.807, 2.05) is 0 Å². The van der Waals surface area contributed by atoms with Gasteiger partial charge in [0.25, 0.3) is 0 Å². The van der Waals surface area contributed by atoms with Gasteiger partial charge in [-0.3, -0.25) is 10.0 Å². The Hall–Kier alpha value is -3.52. The van der Waals surface area contributed by atoms with Crippen LogP contribution in [0.3, 0.4) is 0 Å². The molecule has 0 bridgehead atoms. The molecule has 0 N–H and O–H groups in total. The Balaban J connectivity index is 1.93. The van der Waals surface area contributed by atoms with E-state index in [2.05, 4.69) is 121 Å². The first-order valence-corrected chi connectivity index (χ1v) is 9.65. The molecule has 0 aromatic heterocycles. The second-order valence-electron chi connectivity index (χ2n) is 7.23. The molecule has 0 radical (unpaired) electrons. The normalized spacial score (nSPS) is 14.9. The van der Waals surface area contributed by atoms with Gasteiger partial charge in [-0.1, -0.05) is 66.7 Å². The van der Waals surface area contributed by atoms with E-state index in [1.54, 1.807) is 0 Å². The van der Waals surface area contributed by atoms with Crippen molar-refractivity contribution < 1.29 is 0 Å². The lowest BCUT2D eigenvalue weighted by Gasteiger charge is -2.43. The molecule has 136 valence electrons. The van der Waals surface area contributed by atoms with Crippen LogP contribution in [0, 0.1) is 13.8 Å². The molecular weight excluding hydrogens is 340 g/mol. The van der Waals surface area contributed by atoms with Gasteiger partial charge in [0.15, 0.2) is 0 Å². The van der Waals surface area contributed by atoms with Crippen LogP contribution in [0.4, 0.5) is 5.69 Å². The number of benzene rings is 3. The third kappa shape index (κ3) is 2.49. The molecule has 2 aliphatic heterocycles. The van der Waals surface area contributed by atoms with E-state index in [0.29, 0.717) is 0 Å². The molecule has 0 saturated carbocycles. The standard InChI is InChI=1S/C26H22N2/c1-19-15-16-23-24(20(19)2)25(21-11-5-3-6-12-21)26(22-13-7-4-8-14-22)28-18-10-9-17-27(23)28/h3-18H,1-2H3. The molecule has 2 nitrogen and oxygen atoms in total. The van der Waals surface area contributed by atoms with Crippen LogP contribution in [0.5, 0.6) is 0 Å². The molecule has 28 heavy (non-hydrogen) atoms. The number of rotatable bonds is 2. The maximum absolute atomic E-state index is 2.26. The van der Waals surface area contributed by atoms with E-state index in [4.69, 9.17) is 0 Å². The lowest BCUT2D eigenvalue weighted by Crippen LogP contribution is -2.39. The van der Waals surface area contributed by atoms with Gasteiger partial charge in [-0.05, 0) is 48.8 Å². The van der Waals surface area contributed by atoms with Gasteiger partial charge in [0.05, 0.1) is 11.4 Å². The Labute approximate surface area is 166 Å². The summed E-state index contributed by atoms with van der Waals surface area (Å²) in [6.45, 7) is 4.43. The van der Waals surface area contributed by atoms with Gasteiger partial charge in [0.2, 0.25) is 0 Å². The number of hydrogen-bond donors (Lipinski definition) is 0. The maximum Gasteiger partial charge on any atom is 0.0787 e. The van der Waals surface area contributed by atoms with Crippen molar-refractivity contribution in [2.24, 2.45) is 0 Å². The molecule has 2 heterocycles. The van der Waals surface area contributed by atoms with Gasteiger partial charge in [0, 0.05) is 29.1 Å². The topological polar surface area (TPSA) is 6.48 Å². The summed E-state index contributed by atoms with van der Waals surface area (Å²) in [5.41, 5.74) is 10.1. The SMILES string of the molecule is Cc1ccc2c(c1C)C(c1ccccc1)=C(c1ccccc1)N1C=CC=CN21. The molecule has 3 aromatic carbocycles. The highest BCUT2D eigenvalue weighted by Gasteiger charge is 2.32. The Morgan fingerprint density at radius 2 is 1.21 bits per heavy atom. The molecule has 0 atom stereocenters. The molecule has 2 heteroatoms. The summed E-state index contributed by atoms with van der Waals surface area (Å²) < 4.78 is 0. The Bertz CT molecular complexity index is 1120. The molecule has 0 aliphatic carbocycles. The largest absolute Gasteiger partial charge is 0.256 e. The number of fused-ring (bicyclic) bond motifs is 3. The van der Waals surface area contributed by atoms with Crippen molar-refractivity contribution in [3.8, 4) is 0 Å². The zero-order chi connectivity index (χ0) is 19.1. The predicted molar refractivity (Wildman–Crippen MR) is 117 cm³/mol. The van der Waals surface area contributed by atoms with E-state index in [9.17, 15) is 0 Å². The molecule has 0 fully saturated rings. The molecule has 3 aromatic rings. The second kappa shape index (κ2) is 6.58. The molecule has 2 aliphatic rings. The first-order chi connectivity index (χ1) is 13.8. The quantitative estimate of drug-likeness (QED) is 0.528. The van der Waals surface area contributed by atoms with Gasteiger partial charge in [-0.25, -0.2) is 0 Å². The lowest BCUT2D eigenvalue weighted by atomic mass is 9.86. The fourth-order valence-electron chi connectivity index (χ4n) is 4.08. The van der Waals surface area contributed by atoms with Crippen molar-refractivity contribution >= 4 is 17.0 Å². The second-order valence-corrected chi connectivity index (χ2v) is 7.23. The third-order valence-corrected chi connectivity index (χ3v) is 5.58. The van der Waals surface area contributed by atoms with Crippen LogP contribution in [0.25, 0.3) is 11.3 Å². The third-order valence-electron chi connectivity index (χ3n) is 5.58. The number of hydrogen-bond acceptors (Lipinski definition) is 2. The van der Waals surface area contributed by atoms with E-state index in [0.717, 1.165) is 0 Å². The van der Waals surface area contributed by atoms with Gasteiger partial charge in [-0.2, -0.15) is 0 Å². The van der Waals surface area contributed by atoms with Crippen LogP contribution in [0.1, 0.15) is 27.8 Å². The zero-order valence-electron chi connectivity index (χ0n) is 16.1. The summed E-state index contributed by atoms with van der Waals surface area (Å²) in [5, 5.41) is 4.51. The number of aryl methyl sites for hydroxylation is 1. The number of anilines is 1. The highest BCUT2D eigenvalue weighted by Crippen LogP contribution is 2.47. The van der Waals surface area contributed by atoms with Crippen LogP contribution < -0.4 is 5.01 Å². The van der Waals surface area contributed by atoms with Crippen molar-refractivity contribution in [2.45, 2.75) is 13.8 Å². The maximum atomic E-state index is 2.26. The van der Waals surface area contributed by atoms with Crippen LogP contribution >= 0.6 is 0 Å². The molecule has 0 saturated heterocycles. The van der Waals surface area contributed by atoms with Crippen molar-refractivity contribution in [3.63, 3.8) is 0 Å². The molecule has 0 unspecified atom stereocenters. The summed E-state index contributed by atoms with van der Waals surface area (Å²) in [7, 11) is 0. The summed E-state index contributed by atoms with van der Waals surface area (Å²) in [6, 6.07) is 25.9. The number of nitrogens with zero attached hydrogens (tertiary/aromatic N) is 2. The highest BCUT2D eigenvalue weighted by atomic mass is 15.6. The van der Waals surface area contributed by atoms with E-state index in [1.165, 1.54) is 44.8 Å². The average Bonchev–Trinajstić information content (AvgIpc) is 2.76. The molecule has 0 spiro atoms. The Kier molecular flexibility index (Phi) is 3.91. The Morgan fingerprint density at radius 1 is 0.607 bits per heavy atom. The molecule has 0 amide bonds. The van der Waals surface area contributed by atoms with Crippen LogP contribution in [-0.4, -0.2) is 5.01 Å². The van der Waals surface area contributed by atoms with Crippen molar-refractivity contribution in [2.75, 3.05) is 5.01 Å². The first kappa shape index (κ1) is 16.6. The molecular formula is C26H22N2. The lowest BCUT2D eigenvalue weighted by molar-refractivity contribution is 0.527. The smallest absolute Gasteiger partial charge is 0.0787 e. The average molecular weight is 362 g/mol. The van der Waals surface area contributed by atoms with Gasteiger partial charge >= 0.3 is 0 Å². The van der Waals surface area contributed by atoms with Crippen molar-refractivity contribution in [1.82, 2.24) is 5.01 Å². The number of hydrazine groups is 1. The predicted octanol–water partition coefficient (Wildman–Crippen LogP) is 6.30. The highest BCUT2D eigenvalue weighted by molar-refractivity contribution is 6.05. The van der Waals surface area contributed by atoms with Gasteiger partial charge < -0.3 is 0 Å². The minimum atomic E-state index is 1.20. The number of allylic oxidation sites excluding steroid dienone is 2. The minimum absolute atomic E-state index is 1.20. The molecule has 5 rings (SSSR count). The summed E-state index contributed by atoms with van der Waals surface area (Å²) in [4.78, 5) is 0. The van der Waals surface area contributed by atoms with Crippen LogP contribution in [-0.2, 0) is 0 Å². The minimum Gasteiger partial charge on any atom is -0.256 e.